The molecule has 2 aliphatic heterocycles. The molecule has 5 fully saturated rings. The molecule has 34 heavy (non-hydrogen) atoms. The SMILES string of the molecule is CC1=C2CC3C(CCC4CCCCC43C)C2CCC2(C1)OC1CCCNC1C2C.NCC(=O)O. The normalized spacial score (nSPS) is 47.6. The number of piperidine rings is 1. The van der Waals surface area contributed by atoms with Crippen molar-refractivity contribution in [1.82, 2.24) is 5.32 Å². The van der Waals surface area contributed by atoms with Crippen molar-refractivity contribution in [3.05, 3.63) is 11.1 Å². The molecule has 9 atom stereocenters. The van der Waals surface area contributed by atoms with E-state index >= 15 is 0 Å². The molecule has 5 nitrogen and oxygen atoms in total. The number of carbonyl (C=O) groups is 1. The van der Waals surface area contributed by atoms with E-state index in [-0.39, 0.29) is 12.1 Å². The van der Waals surface area contributed by atoms with E-state index in [1.807, 2.05) is 5.57 Å². The van der Waals surface area contributed by atoms with Crippen molar-refractivity contribution in [2.75, 3.05) is 13.1 Å². The molecule has 192 valence electrons. The van der Waals surface area contributed by atoms with Crippen molar-refractivity contribution >= 4 is 5.97 Å². The first-order valence-corrected chi connectivity index (χ1v) is 14.3. The minimum atomic E-state index is -0.968. The van der Waals surface area contributed by atoms with Crippen LogP contribution in [0.15, 0.2) is 11.1 Å². The Bertz CT molecular complexity index is 811. The Morgan fingerprint density at radius 2 is 1.94 bits per heavy atom. The molecule has 0 radical (unpaired) electrons. The highest BCUT2D eigenvalue weighted by molar-refractivity contribution is 5.68. The number of fused-ring (bicyclic) bond motifs is 6. The van der Waals surface area contributed by atoms with Gasteiger partial charge in [-0.15, -0.1) is 0 Å². The van der Waals surface area contributed by atoms with Crippen LogP contribution < -0.4 is 11.1 Å². The number of nitrogens with one attached hydrogen (secondary N) is 1. The number of aliphatic carboxylic acids is 1. The molecule has 0 aromatic rings. The summed E-state index contributed by atoms with van der Waals surface area (Å²) in [6, 6.07) is 0.601. The zero-order valence-electron chi connectivity index (χ0n) is 21.8. The first-order valence-electron chi connectivity index (χ1n) is 14.3. The fourth-order valence-electron chi connectivity index (χ4n) is 9.66. The van der Waals surface area contributed by atoms with E-state index in [9.17, 15) is 4.79 Å². The minimum Gasteiger partial charge on any atom is -0.480 e. The molecule has 5 heteroatoms. The van der Waals surface area contributed by atoms with Crippen molar-refractivity contribution in [3.63, 3.8) is 0 Å². The first-order chi connectivity index (χ1) is 16.3. The molecule has 4 aliphatic carbocycles. The number of hydrogen-bond donors (Lipinski definition) is 3. The number of hydrogen-bond acceptors (Lipinski definition) is 4. The van der Waals surface area contributed by atoms with E-state index in [1.54, 1.807) is 5.57 Å². The van der Waals surface area contributed by atoms with Gasteiger partial charge in [0, 0.05) is 12.0 Å². The van der Waals surface area contributed by atoms with E-state index < -0.39 is 5.97 Å². The van der Waals surface area contributed by atoms with Crippen LogP contribution in [0.2, 0.25) is 0 Å². The quantitative estimate of drug-likeness (QED) is 0.452. The fourth-order valence-corrected chi connectivity index (χ4v) is 9.66. The molecular formula is C29H48N2O3. The summed E-state index contributed by atoms with van der Waals surface area (Å²) in [5.41, 5.74) is 8.98. The average Bonchev–Trinajstić information content (AvgIpc) is 3.30. The molecule has 2 heterocycles. The standard InChI is InChI=1S/C27H43NO.C2H5NO2/c1-17-16-27(18(2)25-24(29-27)8-6-14-28-25)13-11-20-21-10-9-19-7-4-5-12-26(19,3)23(21)15-22(17)20;3-1-2(4)5/h18-21,23-25,28H,4-16H2,1-3H3;1,3H2,(H,4,5). The van der Waals surface area contributed by atoms with Crippen LogP contribution in [0.4, 0.5) is 0 Å². The largest absolute Gasteiger partial charge is 0.480 e. The predicted molar refractivity (Wildman–Crippen MR) is 135 cm³/mol. The highest BCUT2D eigenvalue weighted by Crippen LogP contribution is 2.65. The van der Waals surface area contributed by atoms with Gasteiger partial charge in [-0.1, -0.05) is 37.8 Å². The lowest BCUT2D eigenvalue weighted by molar-refractivity contribution is -0.135. The van der Waals surface area contributed by atoms with Crippen LogP contribution >= 0.6 is 0 Å². The van der Waals surface area contributed by atoms with Crippen LogP contribution in [0.3, 0.4) is 0 Å². The molecule has 0 aromatic heterocycles. The van der Waals surface area contributed by atoms with E-state index in [1.165, 1.54) is 83.6 Å². The van der Waals surface area contributed by atoms with Crippen LogP contribution in [0.25, 0.3) is 0 Å². The molecule has 4 N–H and O–H groups in total. The van der Waals surface area contributed by atoms with E-state index in [4.69, 9.17) is 9.84 Å². The van der Waals surface area contributed by atoms with Crippen molar-refractivity contribution in [3.8, 4) is 0 Å². The summed E-state index contributed by atoms with van der Waals surface area (Å²) in [7, 11) is 0. The third-order valence-electron chi connectivity index (χ3n) is 11.4. The second-order valence-electron chi connectivity index (χ2n) is 12.9. The van der Waals surface area contributed by atoms with Gasteiger partial charge in [0.1, 0.15) is 0 Å². The van der Waals surface area contributed by atoms with Gasteiger partial charge in [0.15, 0.2) is 0 Å². The van der Waals surface area contributed by atoms with E-state index in [2.05, 4.69) is 31.8 Å². The summed E-state index contributed by atoms with van der Waals surface area (Å²) in [6.07, 6.45) is 17.4. The first kappa shape index (κ1) is 24.8. The number of allylic oxidation sites excluding steroid dienone is 1. The Kier molecular flexibility index (Phi) is 6.93. The van der Waals surface area contributed by atoms with Crippen molar-refractivity contribution < 1.29 is 14.6 Å². The molecule has 1 spiro atoms. The zero-order valence-corrected chi connectivity index (χ0v) is 21.8. The molecule has 0 amide bonds. The van der Waals surface area contributed by atoms with Gasteiger partial charge in [-0.05, 0) is 107 Å². The third kappa shape index (κ3) is 4.08. The third-order valence-corrected chi connectivity index (χ3v) is 11.4. The summed E-state index contributed by atoms with van der Waals surface area (Å²) >= 11 is 0. The predicted octanol–water partition coefficient (Wildman–Crippen LogP) is 5.28. The number of ether oxygens (including phenoxy) is 1. The number of carboxylic acid groups (broad SMARTS) is 1. The molecule has 0 aromatic carbocycles. The Balaban J connectivity index is 0.000000439. The maximum Gasteiger partial charge on any atom is 0.317 e. The summed E-state index contributed by atoms with van der Waals surface area (Å²) in [6.45, 7) is 8.61. The molecule has 2 saturated heterocycles. The maximum atomic E-state index is 9.24. The Labute approximate surface area is 206 Å². The topological polar surface area (TPSA) is 84.6 Å². The molecule has 0 bridgehead atoms. The number of rotatable bonds is 1. The minimum absolute atomic E-state index is 0.121. The highest BCUT2D eigenvalue weighted by atomic mass is 16.5. The molecule has 6 aliphatic rings. The lowest BCUT2D eigenvalue weighted by Crippen LogP contribution is -2.46. The van der Waals surface area contributed by atoms with Crippen molar-refractivity contribution in [2.24, 2.45) is 40.7 Å². The van der Waals surface area contributed by atoms with Crippen LogP contribution in [0, 0.1) is 35.0 Å². The zero-order chi connectivity index (χ0) is 24.1. The van der Waals surface area contributed by atoms with Crippen LogP contribution in [-0.4, -0.2) is 41.9 Å². The summed E-state index contributed by atoms with van der Waals surface area (Å²) < 4.78 is 6.97. The van der Waals surface area contributed by atoms with Crippen LogP contribution in [-0.2, 0) is 9.53 Å². The molecular weight excluding hydrogens is 424 g/mol. The van der Waals surface area contributed by atoms with Crippen molar-refractivity contribution in [2.45, 2.75) is 116 Å². The molecule has 6 rings (SSSR count). The van der Waals surface area contributed by atoms with E-state index in [0.717, 1.165) is 23.7 Å². The smallest absolute Gasteiger partial charge is 0.317 e. The van der Waals surface area contributed by atoms with Gasteiger partial charge in [-0.3, -0.25) is 4.79 Å². The van der Waals surface area contributed by atoms with Gasteiger partial charge < -0.3 is 20.9 Å². The van der Waals surface area contributed by atoms with Gasteiger partial charge in [0.2, 0.25) is 0 Å². The summed E-state index contributed by atoms with van der Waals surface area (Å²) in [5, 5.41) is 11.4. The Morgan fingerprint density at radius 1 is 1.15 bits per heavy atom. The number of carboxylic acids is 1. The summed E-state index contributed by atoms with van der Waals surface area (Å²) in [4.78, 5) is 9.24. The van der Waals surface area contributed by atoms with Gasteiger partial charge in [0.05, 0.1) is 18.2 Å². The maximum absolute atomic E-state index is 9.24. The number of nitrogens with two attached hydrogens (primary N) is 1. The van der Waals surface area contributed by atoms with Gasteiger partial charge in [0.25, 0.3) is 0 Å². The lowest BCUT2D eigenvalue weighted by atomic mass is 9.52. The van der Waals surface area contributed by atoms with Crippen LogP contribution in [0.5, 0.6) is 0 Å². The fraction of sp³-hybridized carbons (Fsp3) is 0.897. The van der Waals surface area contributed by atoms with Crippen LogP contribution in [0.1, 0.15) is 97.8 Å². The van der Waals surface area contributed by atoms with Crippen molar-refractivity contribution in [1.29, 1.82) is 0 Å². The second kappa shape index (κ2) is 9.52. The van der Waals surface area contributed by atoms with Gasteiger partial charge in [-0.25, -0.2) is 0 Å². The van der Waals surface area contributed by atoms with E-state index in [0.29, 0.717) is 23.5 Å². The Hall–Kier alpha value is -0.910. The molecule has 9 unspecified atom stereocenters. The Morgan fingerprint density at radius 3 is 2.68 bits per heavy atom. The van der Waals surface area contributed by atoms with Gasteiger partial charge in [-0.2, -0.15) is 0 Å². The second-order valence-corrected chi connectivity index (χ2v) is 12.9. The lowest BCUT2D eigenvalue weighted by Gasteiger charge is -2.52. The summed E-state index contributed by atoms with van der Waals surface area (Å²) in [5.74, 6) is 3.56. The monoisotopic (exact) mass is 472 g/mol. The highest BCUT2D eigenvalue weighted by Gasteiger charge is 2.58. The molecule has 3 saturated carbocycles. The van der Waals surface area contributed by atoms with Gasteiger partial charge >= 0.3 is 5.97 Å². The average molecular weight is 473 g/mol.